The molecular weight excluding hydrogens is 434 g/mol. The van der Waals surface area contributed by atoms with Crippen LogP contribution in [0.3, 0.4) is 0 Å². The van der Waals surface area contributed by atoms with Crippen LogP contribution in [0.4, 0.5) is 11.5 Å². The van der Waals surface area contributed by atoms with Crippen molar-refractivity contribution in [2.45, 2.75) is 44.6 Å². The average Bonchev–Trinajstić information content (AvgIpc) is 3.36. The number of aromatic nitrogens is 2. The van der Waals surface area contributed by atoms with Crippen LogP contribution in [0.15, 0.2) is 72.9 Å². The molecule has 1 heterocycles. The van der Waals surface area contributed by atoms with Crippen molar-refractivity contribution < 1.29 is 4.79 Å². The third-order valence-electron chi connectivity index (χ3n) is 7.15. The summed E-state index contributed by atoms with van der Waals surface area (Å²) in [6, 6.07) is 25.6. The highest BCUT2D eigenvalue weighted by Crippen LogP contribution is 2.38. The molecule has 176 valence electrons. The van der Waals surface area contributed by atoms with E-state index in [2.05, 4.69) is 81.9 Å². The van der Waals surface area contributed by atoms with Gasteiger partial charge in [0, 0.05) is 29.2 Å². The molecule has 6 heteroatoms. The Morgan fingerprint density at radius 1 is 1.11 bits per heavy atom. The Balaban J connectivity index is 1.31. The first-order chi connectivity index (χ1) is 17.2. The van der Waals surface area contributed by atoms with Crippen LogP contribution in [-0.4, -0.2) is 28.7 Å². The Morgan fingerprint density at radius 3 is 2.71 bits per heavy atom. The highest BCUT2D eigenvalue weighted by atomic mass is 16.1. The lowest BCUT2D eigenvalue weighted by atomic mass is 9.80. The van der Waals surface area contributed by atoms with Crippen LogP contribution in [0.25, 0.3) is 10.8 Å². The number of fused-ring (bicyclic) bond motifs is 1. The molecule has 6 nitrogen and oxygen atoms in total. The van der Waals surface area contributed by atoms with Crippen molar-refractivity contribution in [1.82, 2.24) is 10.2 Å². The summed E-state index contributed by atoms with van der Waals surface area (Å²) < 4.78 is 0. The second-order valence-electron chi connectivity index (χ2n) is 9.15. The monoisotopic (exact) mass is 463 g/mol. The predicted octanol–water partition coefficient (Wildman–Crippen LogP) is 6.24. The second-order valence-corrected chi connectivity index (χ2v) is 9.15. The molecule has 0 saturated heterocycles. The zero-order valence-electron chi connectivity index (χ0n) is 19.9. The molecule has 2 unspecified atom stereocenters. The minimum Gasteiger partial charge on any atom is -0.368 e. The lowest BCUT2D eigenvalue weighted by Gasteiger charge is -2.39. The summed E-state index contributed by atoms with van der Waals surface area (Å²) in [5.41, 5.74) is 3.47. The topological polar surface area (TPSA) is 84.8 Å². The van der Waals surface area contributed by atoms with Crippen molar-refractivity contribution in [2.24, 2.45) is 0 Å². The third kappa shape index (κ3) is 4.63. The summed E-state index contributed by atoms with van der Waals surface area (Å²) in [5.74, 6) is 0.532. The molecule has 1 aliphatic carbocycles. The van der Waals surface area contributed by atoms with Crippen molar-refractivity contribution in [3.8, 4) is 6.07 Å². The molecule has 2 N–H and O–H groups in total. The van der Waals surface area contributed by atoms with Crippen LogP contribution in [0.5, 0.6) is 0 Å². The zero-order valence-corrected chi connectivity index (χ0v) is 19.9. The SMILES string of the molecule is CCN(c1cccc2ccccc12)C1CCCC(c2ccc(C(=O)Nc3[nH]ncc3C#N)cc2)C1. The molecule has 2 atom stereocenters. The van der Waals surface area contributed by atoms with E-state index in [-0.39, 0.29) is 5.91 Å². The second kappa shape index (κ2) is 10.0. The Bertz CT molecular complexity index is 1360. The molecule has 1 saturated carbocycles. The number of rotatable bonds is 6. The van der Waals surface area contributed by atoms with Crippen molar-refractivity contribution >= 4 is 28.2 Å². The van der Waals surface area contributed by atoms with Gasteiger partial charge in [-0.15, -0.1) is 0 Å². The van der Waals surface area contributed by atoms with Crippen LogP contribution < -0.4 is 10.2 Å². The average molecular weight is 464 g/mol. The van der Waals surface area contributed by atoms with Gasteiger partial charge in [0.2, 0.25) is 0 Å². The number of hydrogen-bond donors (Lipinski definition) is 2. The molecule has 1 amide bonds. The Morgan fingerprint density at radius 2 is 1.91 bits per heavy atom. The maximum absolute atomic E-state index is 12.6. The fraction of sp³-hybridized carbons (Fsp3) is 0.276. The van der Waals surface area contributed by atoms with E-state index in [1.165, 1.54) is 41.1 Å². The molecule has 1 fully saturated rings. The fourth-order valence-electron chi connectivity index (χ4n) is 5.39. The van der Waals surface area contributed by atoms with Gasteiger partial charge in [-0.1, -0.05) is 55.0 Å². The predicted molar refractivity (Wildman–Crippen MR) is 140 cm³/mol. The largest absolute Gasteiger partial charge is 0.368 e. The highest BCUT2D eigenvalue weighted by molar-refractivity contribution is 6.04. The van der Waals surface area contributed by atoms with Crippen LogP contribution in [0, 0.1) is 11.3 Å². The van der Waals surface area contributed by atoms with Gasteiger partial charge < -0.3 is 10.2 Å². The number of nitrogens with one attached hydrogen (secondary N) is 2. The fourth-order valence-corrected chi connectivity index (χ4v) is 5.39. The van der Waals surface area contributed by atoms with Gasteiger partial charge in [0.05, 0.1) is 6.20 Å². The molecule has 1 aromatic heterocycles. The summed E-state index contributed by atoms with van der Waals surface area (Å²) in [6.45, 7) is 3.22. The van der Waals surface area contributed by atoms with Gasteiger partial charge in [-0.2, -0.15) is 10.4 Å². The molecule has 0 radical (unpaired) electrons. The molecule has 3 aromatic carbocycles. The first-order valence-corrected chi connectivity index (χ1v) is 12.3. The van der Waals surface area contributed by atoms with E-state index >= 15 is 0 Å². The number of hydrogen-bond acceptors (Lipinski definition) is 4. The van der Waals surface area contributed by atoms with Crippen LogP contribution in [-0.2, 0) is 0 Å². The number of nitrogens with zero attached hydrogens (tertiary/aromatic N) is 3. The van der Waals surface area contributed by atoms with E-state index in [0.29, 0.717) is 28.9 Å². The third-order valence-corrected chi connectivity index (χ3v) is 7.15. The van der Waals surface area contributed by atoms with E-state index in [9.17, 15) is 4.79 Å². The van der Waals surface area contributed by atoms with Crippen molar-refractivity contribution in [3.05, 3.63) is 89.6 Å². The molecule has 0 aliphatic heterocycles. The number of nitriles is 1. The minimum atomic E-state index is -0.257. The summed E-state index contributed by atoms with van der Waals surface area (Å²) >= 11 is 0. The number of carbonyl (C=O) groups excluding carboxylic acids is 1. The summed E-state index contributed by atoms with van der Waals surface area (Å²) in [5, 5.41) is 20.9. The summed E-state index contributed by atoms with van der Waals surface area (Å²) in [6.07, 6.45) is 6.04. The number of benzene rings is 3. The zero-order chi connectivity index (χ0) is 24.2. The van der Waals surface area contributed by atoms with E-state index in [0.717, 1.165) is 19.4 Å². The van der Waals surface area contributed by atoms with E-state index in [4.69, 9.17) is 5.26 Å². The molecule has 1 aliphatic rings. The van der Waals surface area contributed by atoms with Crippen molar-refractivity contribution in [2.75, 3.05) is 16.8 Å². The van der Waals surface area contributed by atoms with Gasteiger partial charge in [0.1, 0.15) is 17.5 Å². The first-order valence-electron chi connectivity index (χ1n) is 12.3. The maximum Gasteiger partial charge on any atom is 0.256 e. The van der Waals surface area contributed by atoms with Crippen LogP contribution in [0.2, 0.25) is 0 Å². The minimum absolute atomic E-state index is 0.257. The van der Waals surface area contributed by atoms with E-state index < -0.39 is 0 Å². The number of carbonyl (C=O) groups is 1. The Kier molecular flexibility index (Phi) is 6.49. The smallest absolute Gasteiger partial charge is 0.256 e. The molecule has 5 rings (SSSR count). The number of anilines is 2. The molecule has 0 bridgehead atoms. The van der Waals surface area contributed by atoms with Gasteiger partial charge in [0.25, 0.3) is 5.91 Å². The maximum atomic E-state index is 12.6. The normalized spacial score (nSPS) is 17.6. The highest BCUT2D eigenvalue weighted by Gasteiger charge is 2.28. The van der Waals surface area contributed by atoms with Gasteiger partial charge in [-0.05, 0) is 61.3 Å². The van der Waals surface area contributed by atoms with Crippen molar-refractivity contribution in [3.63, 3.8) is 0 Å². The standard InChI is InChI=1S/C29H29N5O/c1-2-34(27-12-6-8-21-7-3-4-11-26(21)27)25-10-5-9-23(17-25)20-13-15-22(16-14-20)29(35)32-28-24(18-30)19-31-33-28/h3-4,6-8,11-16,19,23,25H,2,5,9-10,17H2,1H3,(H2,31,32,33,35). The summed E-state index contributed by atoms with van der Waals surface area (Å²) in [7, 11) is 0. The lowest BCUT2D eigenvalue weighted by molar-refractivity contribution is 0.102. The van der Waals surface area contributed by atoms with Gasteiger partial charge in [-0.25, -0.2) is 0 Å². The van der Waals surface area contributed by atoms with E-state index in [1.807, 2.05) is 18.2 Å². The molecular formula is C29H29N5O. The number of amides is 1. The van der Waals surface area contributed by atoms with Gasteiger partial charge in [-0.3, -0.25) is 9.89 Å². The number of H-pyrrole nitrogens is 1. The van der Waals surface area contributed by atoms with Crippen LogP contribution >= 0.6 is 0 Å². The molecule has 4 aromatic rings. The molecule has 0 spiro atoms. The lowest BCUT2D eigenvalue weighted by Crippen LogP contribution is -2.38. The van der Waals surface area contributed by atoms with Gasteiger partial charge >= 0.3 is 0 Å². The van der Waals surface area contributed by atoms with E-state index in [1.54, 1.807) is 0 Å². The quantitative estimate of drug-likeness (QED) is 0.354. The van der Waals surface area contributed by atoms with Gasteiger partial charge in [0.15, 0.2) is 0 Å². The van der Waals surface area contributed by atoms with Crippen LogP contribution in [0.1, 0.15) is 60.0 Å². The number of aromatic amines is 1. The first kappa shape index (κ1) is 22.7. The molecule has 35 heavy (non-hydrogen) atoms. The Hall–Kier alpha value is -4.11. The van der Waals surface area contributed by atoms with Crippen molar-refractivity contribution in [1.29, 1.82) is 5.26 Å². The Labute approximate surface area is 205 Å². The summed E-state index contributed by atoms with van der Waals surface area (Å²) in [4.78, 5) is 15.2.